The number of amides is 1. The van der Waals surface area contributed by atoms with Crippen molar-refractivity contribution in [3.63, 3.8) is 0 Å². The standard InChI is InChI=1S/C15H15BrF4N4O3S/c1-7-4-9(5-11(16)21-7)22-14(25)13-12(17)10(6-24(13)3)28(26,27)23-8(2)15(18,19)20/h4-6,8,23H,1-3H3,(H,21,22,25). The Bertz CT molecular complexity index is 1000. The van der Waals surface area contributed by atoms with Crippen molar-refractivity contribution in [1.82, 2.24) is 14.3 Å². The number of pyridine rings is 1. The lowest BCUT2D eigenvalue weighted by atomic mass is 10.3. The molecule has 1 amide bonds. The Kier molecular flexibility index (Phi) is 6.21. The molecule has 0 saturated carbocycles. The summed E-state index contributed by atoms with van der Waals surface area (Å²) in [5.74, 6) is -2.45. The molecule has 1 unspecified atom stereocenters. The maximum atomic E-state index is 14.6. The average molecular weight is 487 g/mol. The van der Waals surface area contributed by atoms with Gasteiger partial charge in [0.1, 0.15) is 21.2 Å². The predicted molar refractivity (Wildman–Crippen MR) is 95.8 cm³/mol. The smallest absolute Gasteiger partial charge is 0.343 e. The summed E-state index contributed by atoms with van der Waals surface area (Å²) in [5, 5.41) is 2.39. The van der Waals surface area contributed by atoms with Gasteiger partial charge in [-0.25, -0.2) is 17.8 Å². The number of nitrogens with one attached hydrogen (secondary N) is 2. The minimum Gasteiger partial charge on any atom is -0.343 e. The summed E-state index contributed by atoms with van der Waals surface area (Å²) in [6.45, 7) is 2.23. The number of carbonyl (C=O) groups excluding carboxylic acids is 1. The van der Waals surface area contributed by atoms with Gasteiger partial charge in [0.05, 0.1) is 0 Å². The van der Waals surface area contributed by atoms with Crippen LogP contribution in [0.3, 0.4) is 0 Å². The van der Waals surface area contributed by atoms with Crippen LogP contribution in [-0.4, -0.2) is 36.1 Å². The molecule has 1 atom stereocenters. The number of alkyl halides is 3. The second kappa shape index (κ2) is 7.79. The fourth-order valence-corrected chi connectivity index (χ4v) is 4.15. The van der Waals surface area contributed by atoms with Crippen molar-refractivity contribution in [3.8, 4) is 0 Å². The second-order valence-corrected chi connectivity index (χ2v) is 8.42. The zero-order valence-corrected chi connectivity index (χ0v) is 17.1. The number of anilines is 1. The number of sulfonamides is 1. The molecule has 0 bridgehead atoms. The molecule has 0 saturated heterocycles. The number of hydrogen-bond donors (Lipinski definition) is 2. The highest BCUT2D eigenvalue weighted by molar-refractivity contribution is 9.10. The quantitative estimate of drug-likeness (QED) is 0.501. The van der Waals surface area contributed by atoms with Gasteiger partial charge in [-0.05, 0) is 41.9 Å². The molecule has 2 rings (SSSR count). The van der Waals surface area contributed by atoms with Gasteiger partial charge in [-0.1, -0.05) is 0 Å². The molecule has 154 valence electrons. The Morgan fingerprint density at radius 3 is 2.46 bits per heavy atom. The summed E-state index contributed by atoms with van der Waals surface area (Å²) in [6, 6.07) is 0.496. The van der Waals surface area contributed by atoms with Gasteiger partial charge in [0.2, 0.25) is 10.0 Å². The molecule has 0 spiro atoms. The van der Waals surface area contributed by atoms with Crippen LogP contribution in [0.4, 0.5) is 23.2 Å². The molecular formula is C15H15BrF4N4O3S. The Morgan fingerprint density at radius 1 is 1.32 bits per heavy atom. The molecule has 2 aromatic heterocycles. The largest absolute Gasteiger partial charge is 0.404 e. The van der Waals surface area contributed by atoms with Gasteiger partial charge >= 0.3 is 6.18 Å². The van der Waals surface area contributed by atoms with Gasteiger partial charge in [-0.3, -0.25) is 4.79 Å². The van der Waals surface area contributed by atoms with E-state index < -0.39 is 44.6 Å². The Labute approximate surface area is 166 Å². The molecule has 0 aliphatic heterocycles. The van der Waals surface area contributed by atoms with Crippen LogP contribution < -0.4 is 10.0 Å². The Hall–Kier alpha value is -1.99. The lowest BCUT2D eigenvalue weighted by molar-refractivity contribution is -0.147. The highest BCUT2D eigenvalue weighted by Crippen LogP contribution is 2.25. The zero-order chi connectivity index (χ0) is 21.4. The summed E-state index contributed by atoms with van der Waals surface area (Å²) in [7, 11) is -3.67. The van der Waals surface area contributed by atoms with Gasteiger partial charge in [0.25, 0.3) is 5.91 Å². The van der Waals surface area contributed by atoms with Crippen LogP contribution in [0.5, 0.6) is 0 Å². The lowest BCUT2D eigenvalue weighted by Gasteiger charge is -2.16. The summed E-state index contributed by atoms with van der Waals surface area (Å²) in [5.41, 5.74) is 0.148. The van der Waals surface area contributed by atoms with Crippen LogP contribution >= 0.6 is 15.9 Å². The summed E-state index contributed by atoms with van der Waals surface area (Å²) in [6.07, 6.45) is -4.13. The number of carbonyl (C=O) groups is 1. The van der Waals surface area contributed by atoms with Gasteiger partial charge < -0.3 is 9.88 Å². The first-order valence-electron chi connectivity index (χ1n) is 7.61. The fourth-order valence-electron chi connectivity index (χ4n) is 2.27. The minimum atomic E-state index is -4.86. The molecular weight excluding hydrogens is 472 g/mol. The van der Waals surface area contributed by atoms with E-state index in [2.05, 4.69) is 26.2 Å². The van der Waals surface area contributed by atoms with Crippen molar-refractivity contribution in [2.75, 3.05) is 5.32 Å². The van der Waals surface area contributed by atoms with Crippen molar-refractivity contribution in [2.24, 2.45) is 7.05 Å². The van der Waals surface area contributed by atoms with E-state index in [1.54, 1.807) is 6.92 Å². The van der Waals surface area contributed by atoms with Crippen molar-refractivity contribution in [1.29, 1.82) is 0 Å². The fraction of sp³-hybridized carbons (Fsp3) is 0.333. The molecule has 7 nitrogen and oxygen atoms in total. The van der Waals surface area contributed by atoms with Crippen LogP contribution in [0.2, 0.25) is 0 Å². The lowest BCUT2D eigenvalue weighted by Crippen LogP contribution is -2.43. The van der Waals surface area contributed by atoms with Gasteiger partial charge in [0.15, 0.2) is 5.82 Å². The maximum absolute atomic E-state index is 14.6. The monoisotopic (exact) mass is 486 g/mol. The van der Waals surface area contributed by atoms with E-state index >= 15 is 0 Å². The summed E-state index contributed by atoms with van der Waals surface area (Å²) in [4.78, 5) is 15.4. The molecule has 0 fully saturated rings. The topological polar surface area (TPSA) is 93.1 Å². The summed E-state index contributed by atoms with van der Waals surface area (Å²) >= 11 is 3.14. The maximum Gasteiger partial charge on any atom is 0.404 e. The molecule has 0 aliphatic carbocycles. The first-order chi connectivity index (χ1) is 12.7. The van der Waals surface area contributed by atoms with E-state index in [-0.39, 0.29) is 5.69 Å². The van der Waals surface area contributed by atoms with Gasteiger partial charge in [0, 0.05) is 24.6 Å². The Morgan fingerprint density at radius 2 is 1.93 bits per heavy atom. The molecule has 2 aromatic rings. The van der Waals surface area contributed by atoms with Crippen LogP contribution in [-0.2, 0) is 17.1 Å². The van der Waals surface area contributed by atoms with Gasteiger partial charge in [-0.2, -0.15) is 17.9 Å². The number of aromatic nitrogens is 2. The van der Waals surface area contributed by atoms with E-state index in [0.717, 1.165) is 10.8 Å². The number of halogens is 5. The normalized spacial score (nSPS) is 13.4. The number of rotatable bonds is 5. The van der Waals surface area contributed by atoms with E-state index in [9.17, 15) is 30.8 Å². The SMILES string of the molecule is Cc1cc(NC(=O)c2c(F)c(S(=O)(=O)NC(C)C(F)(F)F)cn2C)cc(Br)n1. The predicted octanol–water partition coefficient (Wildman–Crippen LogP) is 3.11. The first-order valence-corrected chi connectivity index (χ1v) is 9.89. The zero-order valence-electron chi connectivity index (χ0n) is 14.7. The molecule has 0 aromatic carbocycles. The third-order valence-electron chi connectivity index (χ3n) is 3.60. The third kappa shape index (κ3) is 4.89. The van der Waals surface area contributed by atoms with E-state index in [4.69, 9.17) is 0 Å². The van der Waals surface area contributed by atoms with Crippen molar-refractivity contribution in [2.45, 2.75) is 31.0 Å². The molecule has 0 radical (unpaired) electrons. The van der Waals surface area contributed by atoms with Crippen molar-refractivity contribution in [3.05, 3.63) is 40.1 Å². The van der Waals surface area contributed by atoms with Crippen LogP contribution in [0.1, 0.15) is 23.1 Å². The summed E-state index contributed by atoms with van der Waals surface area (Å²) < 4.78 is 79.4. The molecule has 13 heteroatoms. The van der Waals surface area contributed by atoms with Crippen LogP contribution in [0.25, 0.3) is 0 Å². The number of aryl methyl sites for hydroxylation is 2. The van der Waals surface area contributed by atoms with E-state index in [0.29, 0.717) is 17.2 Å². The number of nitrogens with zero attached hydrogens (tertiary/aromatic N) is 2. The molecule has 2 N–H and O–H groups in total. The molecule has 0 aliphatic rings. The van der Waals surface area contributed by atoms with E-state index in [1.807, 2.05) is 0 Å². The third-order valence-corrected chi connectivity index (χ3v) is 5.53. The number of hydrogen-bond acceptors (Lipinski definition) is 4. The molecule has 28 heavy (non-hydrogen) atoms. The Balaban J connectivity index is 2.36. The van der Waals surface area contributed by atoms with Crippen LogP contribution in [0, 0.1) is 12.7 Å². The minimum absolute atomic E-state index is 0.262. The van der Waals surface area contributed by atoms with Crippen molar-refractivity contribution >= 4 is 37.5 Å². The van der Waals surface area contributed by atoms with Gasteiger partial charge in [-0.15, -0.1) is 0 Å². The van der Waals surface area contributed by atoms with Crippen LogP contribution in [0.15, 0.2) is 27.8 Å². The second-order valence-electron chi connectivity index (χ2n) is 5.93. The first kappa shape index (κ1) is 22.3. The average Bonchev–Trinajstić information content (AvgIpc) is 2.80. The molecule has 2 heterocycles. The highest BCUT2D eigenvalue weighted by atomic mass is 79.9. The van der Waals surface area contributed by atoms with Crippen molar-refractivity contribution < 1.29 is 30.8 Å². The highest BCUT2D eigenvalue weighted by Gasteiger charge is 2.40. The van der Waals surface area contributed by atoms with E-state index in [1.165, 1.54) is 23.9 Å².